The van der Waals surface area contributed by atoms with Crippen LogP contribution in [0.4, 0.5) is 0 Å². The molecule has 3 heteroatoms. The molecule has 1 N–H and O–H groups in total. The van der Waals surface area contributed by atoms with Crippen molar-refractivity contribution >= 4 is 11.6 Å². The second kappa shape index (κ2) is 5.86. The Morgan fingerprint density at radius 2 is 1.86 bits per heavy atom. The highest BCUT2D eigenvalue weighted by atomic mass is 35.5. The third kappa shape index (κ3) is 3.17. The molecule has 1 unspecified atom stereocenters. The van der Waals surface area contributed by atoms with Crippen molar-refractivity contribution in [2.45, 2.75) is 51.6 Å². The molecule has 1 aromatic carbocycles. The van der Waals surface area contributed by atoms with E-state index in [9.17, 15) is 0 Å². The normalized spacial score (nSPS) is 22.9. The average molecular weight is 304 g/mol. The molecule has 0 aliphatic heterocycles. The van der Waals surface area contributed by atoms with Gasteiger partial charge < -0.3 is 9.73 Å². The van der Waals surface area contributed by atoms with E-state index in [1.807, 2.05) is 26.0 Å². The molecule has 1 aliphatic carbocycles. The summed E-state index contributed by atoms with van der Waals surface area (Å²) < 4.78 is 5.62. The van der Waals surface area contributed by atoms with Crippen LogP contribution in [0, 0.1) is 13.8 Å². The van der Waals surface area contributed by atoms with E-state index < -0.39 is 0 Å². The van der Waals surface area contributed by atoms with Crippen molar-refractivity contribution in [3.05, 3.63) is 58.0 Å². The molecule has 2 aromatic rings. The third-order valence-corrected chi connectivity index (χ3v) is 4.76. The van der Waals surface area contributed by atoms with Crippen molar-refractivity contribution in [2.75, 3.05) is 0 Å². The lowest BCUT2D eigenvalue weighted by molar-refractivity contribution is 0.270. The Morgan fingerprint density at radius 1 is 1.19 bits per heavy atom. The van der Waals surface area contributed by atoms with Crippen molar-refractivity contribution in [1.82, 2.24) is 5.32 Å². The Balaban J connectivity index is 1.55. The second-order valence-electron chi connectivity index (χ2n) is 6.17. The second-order valence-corrected chi connectivity index (χ2v) is 6.61. The number of halogens is 1. The van der Waals surface area contributed by atoms with Gasteiger partial charge in [-0.15, -0.1) is 0 Å². The number of hydrogen-bond donors (Lipinski definition) is 1. The number of rotatable bonds is 4. The molecule has 0 bridgehead atoms. The molecule has 112 valence electrons. The summed E-state index contributed by atoms with van der Waals surface area (Å²) in [6, 6.07) is 11.3. The van der Waals surface area contributed by atoms with Gasteiger partial charge in [-0.25, -0.2) is 0 Å². The van der Waals surface area contributed by atoms with Gasteiger partial charge in [0.2, 0.25) is 0 Å². The quantitative estimate of drug-likeness (QED) is 0.845. The lowest BCUT2D eigenvalue weighted by Gasteiger charge is -2.38. The van der Waals surface area contributed by atoms with Crippen LogP contribution in [0.15, 0.2) is 34.7 Å². The van der Waals surface area contributed by atoms with E-state index in [0.29, 0.717) is 18.0 Å². The van der Waals surface area contributed by atoms with Gasteiger partial charge in [0, 0.05) is 22.7 Å². The van der Waals surface area contributed by atoms with Crippen molar-refractivity contribution < 1.29 is 4.42 Å². The summed E-state index contributed by atoms with van der Waals surface area (Å²) in [5.74, 6) is 2.68. The molecule has 21 heavy (non-hydrogen) atoms. The molecule has 1 fully saturated rings. The minimum atomic E-state index is 0.346. The molecule has 1 aliphatic rings. The minimum Gasteiger partial charge on any atom is -0.466 e. The summed E-state index contributed by atoms with van der Waals surface area (Å²) in [6.07, 6.45) is 2.39. The molecule has 0 amide bonds. The van der Waals surface area contributed by atoms with Crippen LogP contribution in [-0.2, 0) is 0 Å². The van der Waals surface area contributed by atoms with Crippen LogP contribution in [0.3, 0.4) is 0 Å². The van der Waals surface area contributed by atoms with Crippen LogP contribution in [0.25, 0.3) is 0 Å². The van der Waals surface area contributed by atoms with E-state index >= 15 is 0 Å². The van der Waals surface area contributed by atoms with Crippen LogP contribution in [0.5, 0.6) is 0 Å². The zero-order chi connectivity index (χ0) is 15.0. The van der Waals surface area contributed by atoms with E-state index in [2.05, 4.69) is 30.4 Å². The van der Waals surface area contributed by atoms with Crippen LogP contribution in [0.2, 0.25) is 5.02 Å². The van der Waals surface area contributed by atoms with Gasteiger partial charge in [-0.05, 0) is 63.3 Å². The Hall–Kier alpha value is -1.25. The van der Waals surface area contributed by atoms with Crippen LogP contribution in [-0.4, -0.2) is 6.04 Å². The van der Waals surface area contributed by atoms with Gasteiger partial charge >= 0.3 is 0 Å². The fraction of sp³-hybridized carbons (Fsp3) is 0.444. The highest BCUT2D eigenvalue weighted by molar-refractivity contribution is 6.30. The SMILES string of the molecule is Cc1cc(C(C)NC2CC(c3ccc(Cl)cc3)C2)c(C)o1. The highest BCUT2D eigenvalue weighted by Gasteiger charge is 2.31. The molecule has 1 saturated carbocycles. The van der Waals surface area contributed by atoms with Crippen LogP contribution in [0.1, 0.15) is 54.4 Å². The van der Waals surface area contributed by atoms with Crippen molar-refractivity contribution in [2.24, 2.45) is 0 Å². The van der Waals surface area contributed by atoms with Gasteiger partial charge in [-0.1, -0.05) is 23.7 Å². The summed E-state index contributed by atoms with van der Waals surface area (Å²) in [5.41, 5.74) is 2.68. The first-order chi connectivity index (χ1) is 10.0. The van der Waals surface area contributed by atoms with E-state index in [1.165, 1.54) is 24.0 Å². The summed E-state index contributed by atoms with van der Waals surface area (Å²) in [6.45, 7) is 6.26. The molecule has 1 atom stereocenters. The van der Waals surface area contributed by atoms with Gasteiger partial charge in [0.1, 0.15) is 11.5 Å². The smallest absolute Gasteiger partial charge is 0.105 e. The predicted octanol–water partition coefficient (Wildman–Crippen LogP) is 5.15. The Kier molecular flexibility index (Phi) is 4.10. The maximum atomic E-state index is 5.94. The van der Waals surface area contributed by atoms with Crippen molar-refractivity contribution in [3.63, 3.8) is 0 Å². The molecule has 1 heterocycles. The van der Waals surface area contributed by atoms with Gasteiger partial charge in [0.05, 0.1) is 0 Å². The molecular weight excluding hydrogens is 282 g/mol. The van der Waals surface area contributed by atoms with E-state index in [-0.39, 0.29) is 0 Å². The number of nitrogens with one attached hydrogen (secondary N) is 1. The van der Waals surface area contributed by atoms with Crippen LogP contribution >= 0.6 is 11.6 Å². The van der Waals surface area contributed by atoms with Gasteiger partial charge in [-0.2, -0.15) is 0 Å². The van der Waals surface area contributed by atoms with Gasteiger partial charge in [0.25, 0.3) is 0 Å². The minimum absolute atomic E-state index is 0.346. The first-order valence-electron chi connectivity index (χ1n) is 7.61. The summed E-state index contributed by atoms with van der Waals surface area (Å²) in [7, 11) is 0. The summed E-state index contributed by atoms with van der Waals surface area (Å²) in [4.78, 5) is 0. The molecule has 0 saturated heterocycles. The van der Waals surface area contributed by atoms with Crippen molar-refractivity contribution in [1.29, 1.82) is 0 Å². The number of hydrogen-bond acceptors (Lipinski definition) is 2. The Morgan fingerprint density at radius 3 is 2.43 bits per heavy atom. The van der Waals surface area contributed by atoms with E-state index in [1.54, 1.807) is 0 Å². The summed E-state index contributed by atoms with van der Waals surface area (Å²) in [5, 5.41) is 4.52. The highest BCUT2D eigenvalue weighted by Crippen LogP contribution is 2.38. The average Bonchev–Trinajstić information content (AvgIpc) is 2.74. The topological polar surface area (TPSA) is 25.2 Å². The van der Waals surface area contributed by atoms with E-state index in [4.69, 9.17) is 16.0 Å². The fourth-order valence-electron chi connectivity index (χ4n) is 3.28. The number of furan rings is 1. The number of benzene rings is 1. The molecule has 0 radical (unpaired) electrons. The molecule has 3 rings (SSSR count). The van der Waals surface area contributed by atoms with Gasteiger partial charge in [0.15, 0.2) is 0 Å². The predicted molar refractivity (Wildman–Crippen MR) is 86.9 cm³/mol. The number of aryl methyl sites for hydroxylation is 2. The largest absolute Gasteiger partial charge is 0.466 e. The van der Waals surface area contributed by atoms with Crippen molar-refractivity contribution in [3.8, 4) is 0 Å². The lowest BCUT2D eigenvalue weighted by atomic mass is 9.75. The fourth-order valence-corrected chi connectivity index (χ4v) is 3.41. The van der Waals surface area contributed by atoms with Crippen LogP contribution < -0.4 is 5.32 Å². The maximum absolute atomic E-state index is 5.94. The standard InChI is InChI=1S/C18H22ClNO/c1-11-8-18(13(3)21-11)12(2)20-17-9-15(10-17)14-4-6-16(19)7-5-14/h4-8,12,15,17,20H,9-10H2,1-3H3. The monoisotopic (exact) mass is 303 g/mol. The third-order valence-electron chi connectivity index (χ3n) is 4.51. The molecular formula is C18H22ClNO. The molecule has 0 spiro atoms. The first-order valence-corrected chi connectivity index (χ1v) is 7.99. The lowest BCUT2D eigenvalue weighted by Crippen LogP contribution is -2.41. The van der Waals surface area contributed by atoms with E-state index in [0.717, 1.165) is 16.5 Å². The summed E-state index contributed by atoms with van der Waals surface area (Å²) >= 11 is 5.94. The molecule has 1 aromatic heterocycles. The zero-order valence-corrected chi connectivity index (χ0v) is 13.6. The van der Waals surface area contributed by atoms with Gasteiger partial charge in [-0.3, -0.25) is 0 Å². The zero-order valence-electron chi connectivity index (χ0n) is 12.8. The first kappa shape index (κ1) is 14.7. The Bertz CT molecular complexity index is 611. The Labute approximate surface area is 131 Å². The maximum Gasteiger partial charge on any atom is 0.105 e. The molecule has 2 nitrogen and oxygen atoms in total.